The summed E-state index contributed by atoms with van der Waals surface area (Å²) in [6.45, 7) is 1.78. The molecule has 0 saturated heterocycles. The van der Waals surface area contributed by atoms with E-state index in [-0.39, 0.29) is 0 Å². The third-order valence-corrected chi connectivity index (χ3v) is 4.97. The molecule has 2 aromatic rings. The Morgan fingerprint density at radius 3 is 2.62 bits per heavy atom. The van der Waals surface area contributed by atoms with Gasteiger partial charge in [0.15, 0.2) is 5.11 Å². The topological polar surface area (TPSA) is 24.1 Å². The normalized spacial score (nSPS) is 10.3. The van der Waals surface area contributed by atoms with Crippen LogP contribution in [0.3, 0.4) is 0 Å². The van der Waals surface area contributed by atoms with E-state index in [4.69, 9.17) is 12.2 Å². The van der Waals surface area contributed by atoms with Crippen LogP contribution in [0.1, 0.15) is 11.1 Å². The average molecular weight is 337 g/mol. The predicted octanol–water partition coefficient (Wildman–Crippen LogP) is 3.69. The van der Waals surface area contributed by atoms with Crippen molar-refractivity contribution in [1.82, 2.24) is 10.6 Å². The van der Waals surface area contributed by atoms with Crippen molar-refractivity contribution in [2.45, 2.75) is 12.2 Å². The first-order valence-corrected chi connectivity index (χ1v) is 9.49. The zero-order valence-electron chi connectivity index (χ0n) is 11.9. The monoisotopic (exact) mass is 336 g/mol. The van der Waals surface area contributed by atoms with Gasteiger partial charge in [-0.3, -0.25) is 0 Å². The molecule has 21 heavy (non-hydrogen) atoms. The van der Waals surface area contributed by atoms with Crippen molar-refractivity contribution in [3.05, 3.63) is 58.3 Å². The smallest absolute Gasteiger partial charge is 0.166 e. The van der Waals surface area contributed by atoms with Crippen LogP contribution in [0.4, 0.5) is 0 Å². The lowest BCUT2D eigenvalue weighted by atomic mass is 10.1. The fourth-order valence-electron chi connectivity index (χ4n) is 1.83. The molecule has 0 unspecified atom stereocenters. The van der Waals surface area contributed by atoms with Crippen LogP contribution in [-0.2, 0) is 12.2 Å². The van der Waals surface area contributed by atoms with E-state index >= 15 is 0 Å². The summed E-state index contributed by atoms with van der Waals surface area (Å²) < 4.78 is 0. The lowest BCUT2D eigenvalue weighted by molar-refractivity contribution is 0.831. The van der Waals surface area contributed by atoms with Gasteiger partial charge in [-0.1, -0.05) is 30.3 Å². The maximum atomic E-state index is 5.27. The van der Waals surface area contributed by atoms with Crippen LogP contribution in [0.5, 0.6) is 0 Å². The summed E-state index contributed by atoms with van der Waals surface area (Å²) in [5.41, 5.74) is 2.74. The van der Waals surface area contributed by atoms with Gasteiger partial charge in [-0.25, -0.2) is 0 Å². The Hall–Kier alpha value is -1.04. The summed E-state index contributed by atoms with van der Waals surface area (Å²) >= 11 is 8.96. The highest BCUT2D eigenvalue weighted by Gasteiger charge is 1.97. The van der Waals surface area contributed by atoms with E-state index in [0.717, 1.165) is 36.1 Å². The van der Waals surface area contributed by atoms with Crippen molar-refractivity contribution >= 4 is 40.4 Å². The Balaban J connectivity index is 1.48. The molecule has 1 aromatic heterocycles. The zero-order chi connectivity index (χ0) is 14.8. The van der Waals surface area contributed by atoms with Gasteiger partial charge in [-0.2, -0.15) is 23.1 Å². The molecular weight excluding hydrogens is 316 g/mol. The van der Waals surface area contributed by atoms with E-state index < -0.39 is 0 Å². The SMILES string of the molecule is S=C(NCCSCc1ccsc1)NCCc1ccccc1. The third-order valence-electron chi connectivity index (χ3n) is 2.92. The number of hydrogen-bond donors (Lipinski definition) is 2. The van der Waals surface area contributed by atoms with Crippen LogP contribution in [0.15, 0.2) is 47.2 Å². The summed E-state index contributed by atoms with van der Waals surface area (Å²) in [7, 11) is 0. The molecule has 5 heteroatoms. The highest BCUT2D eigenvalue weighted by atomic mass is 32.2. The Morgan fingerprint density at radius 1 is 1.05 bits per heavy atom. The van der Waals surface area contributed by atoms with Crippen LogP contribution in [-0.4, -0.2) is 24.0 Å². The van der Waals surface area contributed by atoms with Crippen molar-refractivity contribution < 1.29 is 0 Å². The van der Waals surface area contributed by atoms with Crippen LogP contribution in [0, 0.1) is 0 Å². The second kappa shape index (κ2) is 9.82. The first-order valence-electron chi connectivity index (χ1n) is 6.99. The van der Waals surface area contributed by atoms with Crippen LogP contribution < -0.4 is 10.6 Å². The molecule has 0 bridgehead atoms. The number of nitrogens with one attached hydrogen (secondary N) is 2. The zero-order valence-corrected chi connectivity index (χ0v) is 14.3. The van der Waals surface area contributed by atoms with E-state index in [1.807, 2.05) is 17.8 Å². The van der Waals surface area contributed by atoms with Gasteiger partial charge in [-0.05, 0) is 46.6 Å². The standard InChI is InChI=1S/C16H20N2S3/c19-16(17-8-6-14-4-2-1-3-5-14)18-9-11-21-13-15-7-10-20-12-15/h1-5,7,10,12H,6,8-9,11,13H2,(H2,17,18,19). The molecule has 1 heterocycles. The molecule has 112 valence electrons. The number of thiocarbonyl (C=S) groups is 1. The maximum Gasteiger partial charge on any atom is 0.166 e. The van der Waals surface area contributed by atoms with Crippen molar-refractivity contribution in [3.8, 4) is 0 Å². The average Bonchev–Trinajstić information content (AvgIpc) is 3.01. The second-order valence-electron chi connectivity index (χ2n) is 4.60. The van der Waals surface area contributed by atoms with E-state index in [9.17, 15) is 0 Å². The molecule has 1 aromatic carbocycles. The highest BCUT2D eigenvalue weighted by molar-refractivity contribution is 7.98. The molecular formula is C16H20N2S3. The minimum Gasteiger partial charge on any atom is -0.362 e. The molecule has 2 rings (SSSR count). The molecule has 0 amide bonds. The summed E-state index contributed by atoms with van der Waals surface area (Å²) in [6.07, 6.45) is 0.996. The Bertz CT molecular complexity index is 512. The van der Waals surface area contributed by atoms with Crippen molar-refractivity contribution in [2.24, 2.45) is 0 Å². The van der Waals surface area contributed by atoms with Gasteiger partial charge in [0, 0.05) is 24.6 Å². The van der Waals surface area contributed by atoms with Gasteiger partial charge in [0.25, 0.3) is 0 Å². The largest absolute Gasteiger partial charge is 0.362 e. The number of hydrogen-bond acceptors (Lipinski definition) is 3. The van der Waals surface area contributed by atoms with Crippen molar-refractivity contribution in [2.75, 3.05) is 18.8 Å². The molecule has 2 nitrogen and oxygen atoms in total. The molecule has 0 spiro atoms. The summed E-state index contributed by atoms with van der Waals surface area (Å²) in [5.74, 6) is 2.15. The molecule has 0 aliphatic carbocycles. The number of rotatable bonds is 8. The molecule has 0 aliphatic heterocycles. The molecule has 0 atom stereocenters. The fraction of sp³-hybridized carbons (Fsp3) is 0.312. The number of thiophene rings is 1. The minimum absolute atomic E-state index is 0.752. The second-order valence-corrected chi connectivity index (χ2v) is 6.90. The molecule has 0 radical (unpaired) electrons. The van der Waals surface area contributed by atoms with Crippen LogP contribution in [0.2, 0.25) is 0 Å². The van der Waals surface area contributed by atoms with Crippen molar-refractivity contribution in [3.63, 3.8) is 0 Å². The van der Waals surface area contributed by atoms with Gasteiger partial charge in [0.05, 0.1) is 0 Å². The lowest BCUT2D eigenvalue weighted by Crippen LogP contribution is -2.37. The minimum atomic E-state index is 0.752. The van der Waals surface area contributed by atoms with E-state index in [1.165, 1.54) is 11.1 Å². The Kier molecular flexibility index (Phi) is 7.63. The van der Waals surface area contributed by atoms with Gasteiger partial charge in [0.2, 0.25) is 0 Å². The summed E-state index contributed by atoms with van der Waals surface area (Å²) in [6, 6.07) is 12.6. The van der Waals surface area contributed by atoms with Gasteiger partial charge in [0.1, 0.15) is 0 Å². The van der Waals surface area contributed by atoms with E-state index in [1.54, 1.807) is 11.3 Å². The Morgan fingerprint density at radius 2 is 1.86 bits per heavy atom. The molecule has 0 aliphatic rings. The molecule has 0 saturated carbocycles. The van der Waals surface area contributed by atoms with Crippen LogP contribution in [0.25, 0.3) is 0 Å². The first-order chi connectivity index (χ1) is 10.3. The van der Waals surface area contributed by atoms with E-state index in [2.05, 4.69) is 51.7 Å². The molecule has 0 fully saturated rings. The van der Waals surface area contributed by atoms with Gasteiger partial charge >= 0.3 is 0 Å². The quantitative estimate of drug-likeness (QED) is 0.567. The third kappa shape index (κ3) is 6.98. The number of thioether (sulfide) groups is 1. The Labute approximate surface area is 140 Å². The lowest BCUT2D eigenvalue weighted by Gasteiger charge is -2.10. The van der Waals surface area contributed by atoms with Crippen LogP contribution >= 0.6 is 35.3 Å². The van der Waals surface area contributed by atoms with Gasteiger partial charge < -0.3 is 10.6 Å². The predicted molar refractivity (Wildman–Crippen MR) is 99.2 cm³/mol. The number of benzene rings is 1. The highest BCUT2D eigenvalue weighted by Crippen LogP contribution is 2.14. The van der Waals surface area contributed by atoms with Gasteiger partial charge in [-0.15, -0.1) is 0 Å². The first kappa shape index (κ1) is 16.3. The fourth-order valence-corrected chi connectivity index (χ4v) is 3.61. The summed E-state index contributed by atoms with van der Waals surface area (Å²) in [5, 5.41) is 11.6. The van der Waals surface area contributed by atoms with E-state index in [0.29, 0.717) is 0 Å². The van der Waals surface area contributed by atoms with Crippen molar-refractivity contribution in [1.29, 1.82) is 0 Å². The maximum absolute atomic E-state index is 5.27. The summed E-state index contributed by atoms with van der Waals surface area (Å²) in [4.78, 5) is 0. The molecule has 2 N–H and O–H groups in total.